The van der Waals surface area contributed by atoms with Crippen LogP contribution in [0.1, 0.15) is 40.4 Å². The van der Waals surface area contributed by atoms with Crippen molar-refractivity contribution in [3.05, 3.63) is 70.7 Å². The highest BCUT2D eigenvalue weighted by Crippen LogP contribution is 2.33. The van der Waals surface area contributed by atoms with E-state index < -0.39 is 15.1 Å². The van der Waals surface area contributed by atoms with Crippen LogP contribution in [0.15, 0.2) is 54.6 Å². The summed E-state index contributed by atoms with van der Waals surface area (Å²) in [6, 6.07) is 15.8. The Labute approximate surface area is 170 Å². The number of hydrogen-bond donors (Lipinski definition) is 0. The van der Waals surface area contributed by atoms with Crippen LogP contribution in [-0.2, 0) is 14.6 Å². The number of carbonyl (C=O) groups excluding carboxylic acids is 2. The van der Waals surface area contributed by atoms with Gasteiger partial charge in [-0.25, -0.2) is 8.42 Å². The van der Waals surface area contributed by atoms with Crippen molar-refractivity contribution in [2.24, 2.45) is 0 Å². The number of Topliss-reactive ketones (excluding diaryl/α,β-unsaturated/α-hetero) is 1. The molecule has 2 aromatic rings. The molecule has 1 fully saturated rings. The first-order valence-corrected chi connectivity index (χ1v) is 11.3. The van der Waals surface area contributed by atoms with Crippen LogP contribution >= 0.6 is 11.6 Å². The smallest absolute Gasteiger partial charge is 0.223 e. The van der Waals surface area contributed by atoms with Gasteiger partial charge in [0.05, 0.1) is 11.0 Å². The first-order chi connectivity index (χ1) is 13.4. The molecule has 0 radical (unpaired) electrons. The Hall–Kier alpha value is -2.18. The van der Waals surface area contributed by atoms with Crippen molar-refractivity contribution in [2.75, 3.05) is 18.8 Å². The summed E-state index contributed by atoms with van der Waals surface area (Å²) in [5.41, 5.74) is 1.16. The van der Waals surface area contributed by atoms with Crippen LogP contribution < -0.4 is 0 Å². The molecule has 1 atom stereocenters. The van der Waals surface area contributed by atoms with Crippen LogP contribution in [-0.4, -0.2) is 43.9 Å². The molecule has 0 aliphatic carbocycles. The van der Waals surface area contributed by atoms with Gasteiger partial charge in [-0.2, -0.15) is 0 Å². The van der Waals surface area contributed by atoms with E-state index in [0.29, 0.717) is 29.1 Å². The lowest BCUT2D eigenvalue weighted by molar-refractivity contribution is -0.130. The van der Waals surface area contributed by atoms with Crippen molar-refractivity contribution in [3.63, 3.8) is 0 Å². The maximum absolute atomic E-state index is 12.7. The summed E-state index contributed by atoms with van der Waals surface area (Å²) in [7, 11) is -3.42. The average molecular weight is 420 g/mol. The van der Waals surface area contributed by atoms with Crippen molar-refractivity contribution in [1.29, 1.82) is 0 Å². The van der Waals surface area contributed by atoms with Crippen molar-refractivity contribution in [1.82, 2.24) is 4.90 Å². The zero-order valence-corrected chi connectivity index (χ0v) is 17.0. The zero-order valence-electron chi connectivity index (χ0n) is 15.4. The number of nitrogens with zero attached hydrogens (tertiary/aromatic N) is 1. The van der Waals surface area contributed by atoms with Gasteiger partial charge in [-0.3, -0.25) is 9.59 Å². The second-order valence-electron chi connectivity index (χ2n) is 6.84. The normalized spacial score (nSPS) is 19.0. The van der Waals surface area contributed by atoms with Crippen LogP contribution in [0, 0.1) is 0 Å². The number of halogens is 1. The minimum absolute atomic E-state index is 0.0739. The third kappa shape index (κ3) is 4.80. The van der Waals surface area contributed by atoms with Crippen molar-refractivity contribution in [3.8, 4) is 0 Å². The fourth-order valence-electron chi connectivity index (χ4n) is 3.43. The Balaban J connectivity index is 1.64. The molecule has 28 heavy (non-hydrogen) atoms. The molecule has 1 saturated heterocycles. The molecule has 1 unspecified atom stereocenters. The van der Waals surface area contributed by atoms with Gasteiger partial charge in [-0.15, -0.1) is 0 Å². The van der Waals surface area contributed by atoms with Crippen LogP contribution in [0.3, 0.4) is 0 Å². The number of rotatable bonds is 5. The lowest BCUT2D eigenvalue weighted by atomic mass is 10.1. The third-order valence-electron chi connectivity index (χ3n) is 5.01. The quantitative estimate of drug-likeness (QED) is 0.693. The van der Waals surface area contributed by atoms with Gasteiger partial charge in [0.2, 0.25) is 5.91 Å². The molecule has 7 heteroatoms. The monoisotopic (exact) mass is 419 g/mol. The van der Waals surface area contributed by atoms with E-state index in [9.17, 15) is 18.0 Å². The summed E-state index contributed by atoms with van der Waals surface area (Å²) in [6.07, 6.45) is 0.481. The van der Waals surface area contributed by atoms with Gasteiger partial charge in [-0.05, 0) is 18.1 Å². The van der Waals surface area contributed by atoms with E-state index in [1.807, 2.05) is 6.07 Å². The van der Waals surface area contributed by atoms with E-state index in [2.05, 4.69) is 0 Å². The minimum atomic E-state index is -3.42. The van der Waals surface area contributed by atoms with Gasteiger partial charge in [0.25, 0.3) is 0 Å². The molecular weight excluding hydrogens is 398 g/mol. The van der Waals surface area contributed by atoms with E-state index in [4.69, 9.17) is 11.6 Å². The number of amides is 1. The molecule has 0 saturated carbocycles. The van der Waals surface area contributed by atoms with Crippen molar-refractivity contribution >= 4 is 33.1 Å². The molecule has 1 aliphatic heterocycles. The second kappa shape index (κ2) is 8.88. The predicted octanol–water partition coefficient (Wildman–Crippen LogP) is 3.69. The van der Waals surface area contributed by atoms with Crippen molar-refractivity contribution < 1.29 is 18.0 Å². The number of sulfone groups is 1. The van der Waals surface area contributed by atoms with Crippen LogP contribution in [0.25, 0.3) is 0 Å². The number of benzene rings is 2. The predicted molar refractivity (Wildman–Crippen MR) is 109 cm³/mol. The Bertz CT molecular complexity index is 959. The lowest BCUT2D eigenvalue weighted by Gasteiger charge is -2.20. The maximum Gasteiger partial charge on any atom is 0.223 e. The number of carbonyl (C=O) groups is 2. The van der Waals surface area contributed by atoms with E-state index in [1.54, 1.807) is 53.4 Å². The minimum Gasteiger partial charge on any atom is -0.342 e. The van der Waals surface area contributed by atoms with Gasteiger partial charge in [0.15, 0.2) is 15.6 Å². The largest absolute Gasteiger partial charge is 0.342 e. The maximum atomic E-state index is 12.7. The molecular formula is C21H22ClNO4S. The van der Waals surface area contributed by atoms with Gasteiger partial charge < -0.3 is 4.90 Å². The topological polar surface area (TPSA) is 71.5 Å². The third-order valence-corrected chi connectivity index (χ3v) is 7.46. The fraction of sp³-hybridized carbons (Fsp3) is 0.333. The highest BCUT2D eigenvalue weighted by atomic mass is 35.5. The molecule has 1 heterocycles. The molecule has 2 aromatic carbocycles. The summed E-state index contributed by atoms with van der Waals surface area (Å²) < 4.78 is 25.4. The van der Waals surface area contributed by atoms with E-state index in [-0.39, 0.29) is 36.8 Å². The van der Waals surface area contributed by atoms with Gasteiger partial charge in [-0.1, -0.05) is 60.1 Å². The second-order valence-corrected chi connectivity index (χ2v) is 9.55. The summed E-state index contributed by atoms with van der Waals surface area (Å²) >= 11 is 6.20. The van der Waals surface area contributed by atoms with E-state index in [1.165, 1.54) is 0 Å². The highest BCUT2D eigenvalue weighted by molar-refractivity contribution is 7.91. The summed E-state index contributed by atoms with van der Waals surface area (Å²) in [5, 5.41) is -0.297. The molecule has 5 nitrogen and oxygen atoms in total. The van der Waals surface area contributed by atoms with Crippen molar-refractivity contribution in [2.45, 2.75) is 24.5 Å². The standard InChI is InChI=1S/C21H22ClNO4S/c22-18-9-5-4-8-17(18)20-12-13-23(14-15-28(20,26)27)21(25)11-10-19(24)16-6-2-1-3-7-16/h1-9,20H,10-15H2. The highest BCUT2D eigenvalue weighted by Gasteiger charge is 2.33. The molecule has 0 aromatic heterocycles. The summed E-state index contributed by atoms with van der Waals surface area (Å²) in [5.74, 6) is -0.397. The average Bonchev–Trinajstić information content (AvgIpc) is 2.85. The Morgan fingerprint density at radius 3 is 2.36 bits per heavy atom. The zero-order chi connectivity index (χ0) is 20.1. The van der Waals surface area contributed by atoms with Crippen LogP contribution in [0.5, 0.6) is 0 Å². The molecule has 3 rings (SSSR count). The first kappa shape index (κ1) is 20.6. The number of ketones is 1. The molecule has 1 amide bonds. The SMILES string of the molecule is O=C(CCC(=O)N1CCC(c2ccccc2Cl)S(=O)(=O)CC1)c1ccccc1. The molecule has 148 valence electrons. The van der Waals surface area contributed by atoms with Crippen LogP contribution in [0.2, 0.25) is 5.02 Å². The Morgan fingerprint density at radius 2 is 1.64 bits per heavy atom. The summed E-state index contributed by atoms with van der Waals surface area (Å²) in [6.45, 7) is 0.467. The molecule has 1 aliphatic rings. The van der Waals surface area contributed by atoms with E-state index >= 15 is 0 Å². The van der Waals surface area contributed by atoms with Gasteiger partial charge >= 0.3 is 0 Å². The number of hydrogen-bond acceptors (Lipinski definition) is 4. The first-order valence-electron chi connectivity index (χ1n) is 9.20. The van der Waals surface area contributed by atoms with Crippen LogP contribution in [0.4, 0.5) is 0 Å². The van der Waals surface area contributed by atoms with E-state index in [0.717, 1.165) is 0 Å². The molecule has 0 N–H and O–H groups in total. The van der Waals surface area contributed by atoms with Gasteiger partial charge in [0.1, 0.15) is 0 Å². The van der Waals surface area contributed by atoms with Gasteiger partial charge in [0, 0.05) is 36.5 Å². The summed E-state index contributed by atoms with van der Waals surface area (Å²) in [4.78, 5) is 26.3. The Kier molecular flexibility index (Phi) is 6.52. The molecule has 0 bridgehead atoms. The molecule has 0 spiro atoms. The lowest BCUT2D eigenvalue weighted by Crippen LogP contribution is -2.33. The Morgan fingerprint density at radius 1 is 0.964 bits per heavy atom. The fourth-order valence-corrected chi connectivity index (χ4v) is 5.57.